The van der Waals surface area contributed by atoms with E-state index in [0.717, 1.165) is 29.7 Å². The lowest BCUT2D eigenvalue weighted by molar-refractivity contribution is 0.259. The van der Waals surface area contributed by atoms with Crippen molar-refractivity contribution >= 4 is 11.6 Å². The molecule has 3 nitrogen and oxygen atoms in total. The molecule has 0 spiro atoms. The van der Waals surface area contributed by atoms with Crippen LogP contribution in [0.1, 0.15) is 18.4 Å². The summed E-state index contributed by atoms with van der Waals surface area (Å²) in [5.41, 5.74) is 3.32. The number of hydrogen-bond acceptors (Lipinski definition) is 3. The first-order valence-electron chi connectivity index (χ1n) is 7.16. The molecular formula is C17H19ClN2O. The van der Waals surface area contributed by atoms with E-state index in [1.807, 2.05) is 25.2 Å². The number of rotatable bonds is 5. The van der Waals surface area contributed by atoms with Crippen molar-refractivity contribution in [2.45, 2.75) is 25.3 Å². The fourth-order valence-corrected chi connectivity index (χ4v) is 2.57. The second-order valence-corrected chi connectivity index (χ2v) is 6.06. The van der Waals surface area contributed by atoms with Crippen LogP contribution in [0.15, 0.2) is 36.5 Å². The summed E-state index contributed by atoms with van der Waals surface area (Å²) >= 11 is 6.23. The first-order valence-corrected chi connectivity index (χ1v) is 7.54. The van der Waals surface area contributed by atoms with Gasteiger partial charge in [-0.2, -0.15) is 0 Å². The molecule has 2 aromatic rings. The smallest absolute Gasteiger partial charge is 0.138 e. The number of benzene rings is 1. The largest absolute Gasteiger partial charge is 0.490 e. The van der Waals surface area contributed by atoms with Crippen molar-refractivity contribution < 1.29 is 4.74 Å². The maximum atomic E-state index is 6.23. The number of pyridine rings is 1. The summed E-state index contributed by atoms with van der Waals surface area (Å²) in [7, 11) is 1.98. The van der Waals surface area contributed by atoms with Gasteiger partial charge in [-0.05, 0) is 38.4 Å². The highest BCUT2D eigenvalue weighted by atomic mass is 35.5. The third kappa shape index (κ3) is 3.20. The molecule has 1 fully saturated rings. The Hall–Kier alpha value is -1.58. The fraction of sp³-hybridized carbons (Fsp3) is 0.353. The summed E-state index contributed by atoms with van der Waals surface area (Å²) in [6.45, 7) is 2.73. The van der Waals surface area contributed by atoms with Crippen LogP contribution < -0.4 is 10.1 Å². The zero-order valence-corrected chi connectivity index (χ0v) is 13.1. The van der Waals surface area contributed by atoms with Crippen molar-refractivity contribution in [3.63, 3.8) is 0 Å². The zero-order chi connectivity index (χ0) is 14.9. The van der Waals surface area contributed by atoms with Gasteiger partial charge in [-0.3, -0.25) is 0 Å². The molecule has 1 heterocycles. The van der Waals surface area contributed by atoms with Crippen LogP contribution in [0.5, 0.6) is 5.75 Å². The quantitative estimate of drug-likeness (QED) is 0.852. The Kier molecular flexibility index (Phi) is 3.87. The van der Waals surface area contributed by atoms with Gasteiger partial charge in [0.05, 0.1) is 11.7 Å². The third-order valence-corrected chi connectivity index (χ3v) is 4.34. The molecular weight excluding hydrogens is 284 g/mol. The van der Waals surface area contributed by atoms with Crippen LogP contribution in [0.3, 0.4) is 0 Å². The minimum atomic E-state index is 0.156. The van der Waals surface area contributed by atoms with Crippen LogP contribution in [-0.4, -0.2) is 24.2 Å². The number of aryl methyl sites for hydroxylation is 1. The van der Waals surface area contributed by atoms with Crippen molar-refractivity contribution in [3.8, 4) is 16.9 Å². The molecule has 21 heavy (non-hydrogen) atoms. The van der Waals surface area contributed by atoms with Gasteiger partial charge < -0.3 is 10.1 Å². The number of ether oxygens (including phenoxy) is 1. The fourth-order valence-electron chi connectivity index (χ4n) is 2.36. The minimum Gasteiger partial charge on any atom is -0.490 e. The molecule has 0 aliphatic heterocycles. The van der Waals surface area contributed by atoms with Crippen molar-refractivity contribution in [2.24, 2.45) is 0 Å². The number of likely N-dealkylation sites (N-methyl/N-ethyl adjacent to an activating group) is 1. The first-order chi connectivity index (χ1) is 10.1. The monoisotopic (exact) mass is 302 g/mol. The van der Waals surface area contributed by atoms with Gasteiger partial charge in [0, 0.05) is 5.56 Å². The molecule has 1 N–H and O–H groups in total. The Labute approximate surface area is 130 Å². The molecule has 1 aromatic carbocycles. The van der Waals surface area contributed by atoms with Gasteiger partial charge in [0.15, 0.2) is 0 Å². The van der Waals surface area contributed by atoms with Crippen molar-refractivity contribution in [2.75, 3.05) is 13.7 Å². The number of nitrogens with one attached hydrogen (secondary N) is 1. The molecule has 0 radical (unpaired) electrons. The maximum absolute atomic E-state index is 6.23. The lowest BCUT2D eigenvalue weighted by Crippen LogP contribution is -2.33. The number of aromatic nitrogens is 1. The van der Waals surface area contributed by atoms with E-state index in [1.54, 1.807) is 6.20 Å². The standard InChI is InChI=1S/C17H19ClN2O/c1-12-4-3-5-13(8-12)15-9-14(10-20-16(15)18)21-11-17(19-2)6-7-17/h3-5,8-10,19H,6-7,11H2,1-2H3. The lowest BCUT2D eigenvalue weighted by Gasteiger charge is -2.16. The van der Waals surface area contributed by atoms with Crippen molar-refractivity contribution in [1.29, 1.82) is 0 Å². The number of nitrogens with zero attached hydrogens (tertiary/aromatic N) is 1. The Morgan fingerprint density at radius 3 is 2.81 bits per heavy atom. The number of halogens is 1. The van der Waals surface area contributed by atoms with Gasteiger partial charge in [-0.25, -0.2) is 4.98 Å². The van der Waals surface area contributed by atoms with Gasteiger partial charge in [-0.15, -0.1) is 0 Å². The second kappa shape index (κ2) is 5.66. The van der Waals surface area contributed by atoms with Gasteiger partial charge >= 0.3 is 0 Å². The molecule has 4 heteroatoms. The molecule has 3 rings (SSSR count). The van der Waals surface area contributed by atoms with Crippen LogP contribution in [0.4, 0.5) is 0 Å². The Bertz CT molecular complexity index is 653. The van der Waals surface area contributed by atoms with E-state index in [0.29, 0.717) is 11.8 Å². The SMILES string of the molecule is CNC1(COc2cnc(Cl)c(-c3cccc(C)c3)c2)CC1. The topological polar surface area (TPSA) is 34.1 Å². The summed E-state index contributed by atoms with van der Waals surface area (Å²) in [5.74, 6) is 0.762. The molecule has 1 aliphatic carbocycles. The predicted octanol–water partition coefficient (Wildman–Crippen LogP) is 3.84. The molecule has 0 atom stereocenters. The van der Waals surface area contributed by atoms with Gasteiger partial charge in [0.2, 0.25) is 0 Å². The highest BCUT2D eigenvalue weighted by Crippen LogP contribution is 2.36. The molecule has 110 valence electrons. The van der Waals surface area contributed by atoms with E-state index in [-0.39, 0.29) is 5.54 Å². The average molecular weight is 303 g/mol. The van der Waals surface area contributed by atoms with E-state index in [9.17, 15) is 0 Å². The Balaban J connectivity index is 1.83. The first kappa shape index (κ1) is 14.4. The van der Waals surface area contributed by atoms with Crippen LogP contribution in [0, 0.1) is 6.92 Å². The summed E-state index contributed by atoms with van der Waals surface area (Å²) in [6.07, 6.45) is 4.01. The molecule has 1 saturated carbocycles. The molecule has 0 unspecified atom stereocenters. The van der Waals surface area contributed by atoms with E-state index in [2.05, 4.69) is 29.4 Å². The normalized spacial score (nSPS) is 15.8. The van der Waals surface area contributed by atoms with Gasteiger partial charge in [0.25, 0.3) is 0 Å². The Morgan fingerprint density at radius 2 is 2.14 bits per heavy atom. The number of hydrogen-bond donors (Lipinski definition) is 1. The second-order valence-electron chi connectivity index (χ2n) is 5.70. The van der Waals surface area contributed by atoms with Crippen molar-refractivity contribution in [3.05, 3.63) is 47.2 Å². The maximum Gasteiger partial charge on any atom is 0.138 e. The van der Waals surface area contributed by atoms with E-state index >= 15 is 0 Å². The molecule has 1 aliphatic rings. The highest BCUT2D eigenvalue weighted by Gasteiger charge is 2.41. The van der Waals surface area contributed by atoms with Gasteiger partial charge in [-0.1, -0.05) is 41.4 Å². The van der Waals surface area contributed by atoms with Crippen LogP contribution in [-0.2, 0) is 0 Å². The van der Waals surface area contributed by atoms with Gasteiger partial charge in [0.1, 0.15) is 17.5 Å². The average Bonchev–Trinajstić information content (AvgIpc) is 3.27. The molecule has 0 amide bonds. The Morgan fingerprint density at radius 1 is 1.33 bits per heavy atom. The van der Waals surface area contributed by atoms with Crippen molar-refractivity contribution in [1.82, 2.24) is 10.3 Å². The summed E-state index contributed by atoms with van der Waals surface area (Å²) in [5, 5.41) is 3.82. The molecule has 1 aromatic heterocycles. The lowest BCUT2D eigenvalue weighted by atomic mass is 10.1. The molecule has 0 bridgehead atoms. The zero-order valence-electron chi connectivity index (χ0n) is 12.3. The molecule has 0 saturated heterocycles. The third-order valence-electron chi connectivity index (χ3n) is 4.04. The van der Waals surface area contributed by atoms with E-state index < -0.39 is 0 Å². The summed E-state index contributed by atoms with van der Waals surface area (Å²) in [6, 6.07) is 10.2. The summed E-state index contributed by atoms with van der Waals surface area (Å²) < 4.78 is 5.89. The summed E-state index contributed by atoms with van der Waals surface area (Å²) in [4.78, 5) is 4.25. The van der Waals surface area contributed by atoms with Crippen LogP contribution in [0.2, 0.25) is 5.15 Å². The highest BCUT2D eigenvalue weighted by molar-refractivity contribution is 6.32. The van der Waals surface area contributed by atoms with E-state index in [4.69, 9.17) is 16.3 Å². The van der Waals surface area contributed by atoms with E-state index in [1.165, 1.54) is 5.56 Å². The van der Waals surface area contributed by atoms with Crippen LogP contribution in [0.25, 0.3) is 11.1 Å². The minimum absolute atomic E-state index is 0.156. The predicted molar refractivity (Wildman–Crippen MR) is 85.9 cm³/mol. The van der Waals surface area contributed by atoms with Crippen LogP contribution >= 0.6 is 11.6 Å².